The van der Waals surface area contributed by atoms with Crippen molar-refractivity contribution in [3.63, 3.8) is 0 Å². The lowest BCUT2D eigenvalue weighted by atomic mass is 10.1. The Kier molecular flexibility index (Phi) is 19.0. The Morgan fingerprint density at radius 3 is 2.03 bits per heavy atom. The molecule has 0 aromatic rings. The van der Waals surface area contributed by atoms with Gasteiger partial charge in [-0.3, -0.25) is 19.2 Å². The van der Waals surface area contributed by atoms with Gasteiger partial charge in [-0.2, -0.15) is 0 Å². The number of likely N-dealkylation sites (N-methyl/N-ethyl adjacent to an activating group) is 1. The summed E-state index contributed by atoms with van der Waals surface area (Å²) >= 11 is 0. The zero-order valence-corrected chi connectivity index (χ0v) is 19.4. The number of carbonyl (C=O) groups excluding carboxylic acids is 3. The summed E-state index contributed by atoms with van der Waals surface area (Å²) in [5, 5.41) is 14.0. The predicted octanol–water partition coefficient (Wildman–Crippen LogP) is -1.31. The summed E-state index contributed by atoms with van der Waals surface area (Å²) in [5.74, 6) is -1.45. The standard InChI is InChI=1S/C13H24N2O6.C5H11NO3S/c1-10(16)9-21-8-7-20-6-5-15-12(17)4-3-11(14-2)13(18)19;1-5(7)3-4-10(8,9)6-2/h11,14H,3-9H2,1-2H3,(H,15,17)(H,18,19);6H,3-4H2,1-2H3. The Bertz CT molecular complexity index is 654. The van der Waals surface area contributed by atoms with Crippen LogP contribution in [0.15, 0.2) is 0 Å². The van der Waals surface area contributed by atoms with Crippen LogP contribution in [0.25, 0.3) is 0 Å². The van der Waals surface area contributed by atoms with Crippen molar-refractivity contribution >= 4 is 33.5 Å². The van der Waals surface area contributed by atoms with E-state index in [4.69, 9.17) is 14.6 Å². The third kappa shape index (κ3) is 22.6. The lowest BCUT2D eigenvalue weighted by Crippen LogP contribution is -2.36. The fourth-order valence-electron chi connectivity index (χ4n) is 1.83. The molecule has 0 aliphatic carbocycles. The van der Waals surface area contributed by atoms with Crippen LogP contribution in [0.5, 0.6) is 0 Å². The van der Waals surface area contributed by atoms with Crippen LogP contribution >= 0.6 is 0 Å². The second-order valence-electron chi connectivity index (χ2n) is 6.41. The van der Waals surface area contributed by atoms with E-state index in [0.717, 1.165) is 0 Å². The number of hydrogen-bond acceptors (Lipinski definition) is 9. The van der Waals surface area contributed by atoms with Crippen molar-refractivity contribution in [1.82, 2.24) is 15.4 Å². The molecule has 0 rings (SSSR count). The van der Waals surface area contributed by atoms with Crippen molar-refractivity contribution in [2.24, 2.45) is 0 Å². The highest BCUT2D eigenvalue weighted by Gasteiger charge is 2.15. The molecule has 0 saturated carbocycles. The lowest BCUT2D eigenvalue weighted by Gasteiger charge is -2.11. The fraction of sp³-hybridized carbons (Fsp3) is 0.778. The van der Waals surface area contributed by atoms with E-state index < -0.39 is 22.0 Å². The number of hydrogen-bond donors (Lipinski definition) is 4. The number of sulfonamides is 1. The van der Waals surface area contributed by atoms with Crippen LogP contribution in [0, 0.1) is 0 Å². The molecule has 0 fully saturated rings. The number of aliphatic carboxylic acids is 1. The third-order valence-corrected chi connectivity index (χ3v) is 4.95. The van der Waals surface area contributed by atoms with Crippen LogP contribution < -0.4 is 15.4 Å². The molecule has 182 valence electrons. The predicted molar refractivity (Wildman–Crippen MR) is 113 cm³/mol. The van der Waals surface area contributed by atoms with Crippen LogP contribution in [0.3, 0.4) is 0 Å². The Hall–Kier alpha value is -1.93. The molecule has 0 bridgehead atoms. The first kappa shape index (κ1) is 31.3. The number of Topliss-reactive ketones (excluding diaryl/α,β-unsaturated/α-hetero) is 2. The maximum atomic E-state index is 11.4. The molecule has 0 spiro atoms. The van der Waals surface area contributed by atoms with Crippen molar-refractivity contribution in [2.45, 2.75) is 39.2 Å². The zero-order valence-electron chi connectivity index (χ0n) is 18.6. The van der Waals surface area contributed by atoms with Gasteiger partial charge in [0.05, 0.1) is 25.6 Å². The molecule has 0 radical (unpaired) electrons. The van der Waals surface area contributed by atoms with Gasteiger partial charge in [0.15, 0.2) is 5.78 Å². The molecule has 0 heterocycles. The molecular weight excluding hydrogens is 434 g/mol. The van der Waals surface area contributed by atoms with Crippen LogP contribution in [0.1, 0.15) is 33.1 Å². The Balaban J connectivity index is 0. The van der Waals surface area contributed by atoms with E-state index in [1.54, 1.807) is 7.05 Å². The van der Waals surface area contributed by atoms with Gasteiger partial charge in [0.25, 0.3) is 0 Å². The highest BCUT2D eigenvalue weighted by molar-refractivity contribution is 7.89. The first-order valence-corrected chi connectivity index (χ1v) is 11.3. The van der Waals surface area contributed by atoms with Crippen molar-refractivity contribution in [3.8, 4) is 0 Å². The first-order chi connectivity index (χ1) is 14.4. The van der Waals surface area contributed by atoms with E-state index >= 15 is 0 Å². The number of nitrogens with one attached hydrogen (secondary N) is 3. The van der Waals surface area contributed by atoms with Crippen molar-refractivity contribution < 1.29 is 42.2 Å². The number of ether oxygens (including phenoxy) is 2. The Labute approximate surface area is 183 Å². The summed E-state index contributed by atoms with van der Waals surface area (Å²) in [5.41, 5.74) is 0. The number of carbonyl (C=O) groups is 4. The topological polar surface area (TPSA) is 177 Å². The maximum absolute atomic E-state index is 11.4. The first-order valence-electron chi connectivity index (χ1n) is 9.67. The molecule has 1 unspecified atom stereocenters. The van der Waals surface area contributed by atoms with Crippen LogP contribution in [-0.2, 0) is 38.7 Å². The summed E-state index contributed by atoms with van der Waals surface area (Å²) in [4.78, 5) is 43.1. The third-order valence-electron chi connectivity index (χ3n) is 3.59. The monoisotopic (exact) mass is 469 g/mol. The van der Waals surface area contributed by atoms with Gasteiger partial charge in [0, 0.05) is 19.4 Å². The fourth-order valence-corrected chi connectivity index (χ4v) is 2.59. The average molecular weight is 470 g/mol. The van der Waals surface area contributed by atoms with Gasteiger partial charge < -0.3 is 25.2 Å². The molecule has 0 saturated heterocycles. The van der Waals surface area contributed by atoms with E-state index in [-0.39, 0.29) is 49.1 Å². The summed E-state index contributed by atoms with van der Waals surface area (Å²) in [7, 11) is -0.316. The smallest absolute Gasteiger partial charge is 0.320 e. The number of carboxylic acids is 1. The Morgan fingerprint density at radius 1 is 0.935 bits per heavy atom. The lowest BCUT2D eigenvalue weighted by molar-refractivity contribution is -0.139. The molecule has 12 nitrogen and oxygen atoms in total. The van der Waals surface area contributed by atoms with Crippen molar-refractivity contribution in [2.75, 3.05) is 52.8 Å². The van der Waals surface area contributed by atoms with Gasteiger partial charge >= 0.3 is 5.97 Å². The summed E-state index contributed by atoms with van der Waals surface area (Å²) in [6.45, 7) is 4.26. The van der Waals surface area contributed by atoms with Gasteiger partial charge in [-0.15, -0.1) is 0 Å². The number of carboxylic acid groups (broad SMARTS) is 1. The zero-order chi connectivity index (χ0) is 24.3. The van der Waals surface area contributed by atoms with E-state index in [9.17, 15) is 27.6 Å². The number of rotatable bonds is 17. The molecule has 0 aromatic carbocycles. The number of amides is 1. The van der Waals surface area contributed by atoms with Crippen LogP contribution in [-0.4, -0.2) is 95.8 Å². The Morgan fingerprint density at radius 2 is 1.55 bits per heavy atom. The van der Waals surface area contributed by atoms with Gasteiger partial charge in [0.1, 0.15) is 18.4 Å². The van der Waals surface area contributed by atoms with Crippen LogP contribution in [0.2, 0.25) is 0 Å². The van der Waals surface area contributed by atoms with Crippen molar-refractivity contribution in [3.05, 3.63) is 0 Å². The normalized spacial score (nSPS) is 11.7. The summed E-state index contributed by atoms with van der Waals surface area (Å²) in [6, 6.07) is -0.717. The minimum atomic E-state index is -3.19. The van der Waals surface area contributed by atoms with Gasteiger partial charge in [-0.1, -0.05) is 0 Å². The second kappa shape index (κ2) is 18.8. The molecular formula is C18H35N3O9S. The summed E-state index contributed by atoms with van der Waals surface area (Å²) < 4.78 is 33.6. The molecule has 0 aromatic heterocycles. The minimum Gasteiger partial charge on any atom is -0.480 e. The molecule has 0 aliphatic rings. The van der Waals surface area contributed by atoms with Crippen molar-refractivity contribution in [1.29, 1.82) is 0 Å². The molecule has 0 aliphatic heterocycles. The molecule has 1 amide bonds. The van der Waals surface area contributed by atoms with E-state index in [1.165, 1.54) is 20.9 Å². The molecule has 4 N–H and O–H groups in total. The van der Waals surface area contributed by atoms with E-state index in [1.807, 2.05) is 0 Å². The highest BCUT2D eigenvalue weighted by atomic mass is 32.2. The van der Waals surface area contributed by atoms with Gasteiger partial charge in [0.2, 0.25) is 15.9 Å². The van der Waals surface area contributed by atoms with E-state index in [0.29, 0.717) is 26.4 Å². The molecule has 13 heteroatoms. The second-order valence-corrected chi connectivity index (χ2v) is 8.46. The average Bonchev–Trinajstić information content (AvgIpc) is 2.69. The quantitative estimate of drug-likeness (QED) is 0.187. The summed E-state index contributed by atoms with van der Waals surface area (Å²) in [6.07, 6.45) is 0.458. The minimum absolute atomic E-state index is 0.0384. The largest absolute Gasteiger partial charge is 0.480 e. The number of ketones is 2. The SMILES string of the molecule is CNC(CCC(=O)NCCOCCOCC(C)=O)C(=O)O.CNS(=O)(=O)CCC(C)=O. The maximum Gasteiger partial charge on any atom is 0.320 e. The van der Waals surface area contributed by atoms with Gasteiger partial charge in [-0.25, -0.2) is 13.1 Å². The van der Waals surface area contributed by atoms with E-state index in [2.05, 4.69) is 15.4 Å². The highest BCUT2D eigenvalue weighted by Crippen LogP contribution is 1.97. The molecule has 1 atom stereocenters. The van der Waals surface area contributed by atoms with Gasteiger partial charge in [-0.05, 0) is 34.4 Å². The molecule has 31 heavy (non-hydrogen) atoms. The van der Waals surface area contributed by atoms with Crippen LogP contribution in [0.4, 0.5) is 0 Å².